The van der Waals surface area contributed by atoms with Gasteiger partial charge >= 0.3 is 0 Å². The van der Waals surface area contributed by atoms with Crippen molar-refractivity contribution in [2.45, 2.75) is 19.4 Å². The summed E-state index contributed by atoms with van der Waals surface area (Å²) in [5.74, 6) is 0.323. The fourth-order valence-corrected chi connectivity index (χ4v) is 2.83. The van der Waals surface area contributed by atoms with Gasteiger partial charge in [0.15, 0.2) is 0 Å². The summed E-state index contributed by atoms with van der Waals surface area (Å²) in [6.07, 6.45) is 2.42. The van der Waals surface area contributed by atoms with Crippen LogP contribution in [0.25, 0.3) is 0 Å². The van der Waals surface area contributed by atoms with Crippen LogP contribution in [0, 0.1) is 23.1 Å². The Bertz CT molecular complexity index is 487. The standard InChI is InChI=1S/C16H22FN3/c1-19-8-6-13(7-9-19)11-20(2)12-15-5-3-4-14(10-18)16(15)17/h3-5,13H,6-9,11-12H2,1-2H3. The average molecular weight is 275 g/mol. The second-order valence-corrected chi connectivity index (χ2v) is 5.83. The molecule has 0 spiro atoms. The Morgan fingerprint density at radius 3 is 2.75 bits per heavy atom. The van der Waals surface area contributed by atoms with Gasteiger partial charge in [-0.25, -0.2) is 4.39 Å². The zero-order valence-electron chi connectivity index (χ0n) is 12.3. The van der Waals surface area contributed by atoms with E-state index in [-0.39, 0.29) is 11.4 Å². The predicted octanol–water partition coefficient (Wildman–Crippen LogP) is 2.47. The minimum Gasteiger partial charge on any atom is -0.306 e. The predicted molar refractivity (Wildman–Crippen MR) is 77.7 cm³/mol. The minimum absolute atomic E-state index is 0.134. The van der Waals surface area contributed by atoms with Crippen LogP contribution in [-0.4, -0.2) is 43.5 Å². The summed E-state index contributed by atoms with van der Waals surface area (Å²) in [5.41, 5.74) is 0.745. The van der Waals surface area contributed by atoms with Crippen LogP contribution in [-0.2, 0) is 6.54 Å². The third-order valence-corrected chi connectivity index (χ3v) is 4.05. The highest BCUT2D eigenvalue weighted by Crippen LogP contribution is 2.19. The first kappa shape index (κ1) is 15.0. The number of hydrogen-bond donors (Lipinski definition) is 0. The highest BCUT2D eigenvalue weighted by molar-refractivity contribution is 5.34. The van der Waals surface area contributed by atoms with Crippen LogP contribution in [0.1, 0.15) is 24.0 Å². The molecule has 0 N–H and O–H groups in total. The summed E-state index contributed by atoms with van der Waals surface area (Å²) in [6, 6.07) is 6.94. The second kappa shape index (κ2) is 6.83. The third kappa shape index (κ3) is 3.78. The fraction of sp³-hybridized carbons (Fsp3) is 0.562. The molecule has 0 aromatic heterocycles. The molecule has 1 fully saturated rings. The molecule has 108 valence electrons. The summed E-state index contributed by atoms with van der Waals surface area (Å²) < 4.78 is 14.0. The number of piperidine rings is 1. The second-order valence-electron chi connectivity index (χ2n) is 5.83. The third-order valence-electron chi connectivity index (χ3n) is 4.05. The number of benzene rings is 1. The monoisotopic (exact) mass is 275 g/mol. The SMILES string of the molecule is CN1CCC(CN(C)Cc2cccc(C#N)c2F)CC1. The molecule has 3 nitrogen and oxygen atoms in total. The van der Waals surface area contributed by atoms with Crippen LogP contribution < -0.4 is 0 Å². The Morgan fingerprint density at radius 1 is 1.40 bits per heavy atom. The highest BCUT2D eigenvalue weighted by Gasteiger charge is 2.19. The normalized spacial score (nSPS) is 17.4. The van der Waals surface area contributed by atoms with E-state index in [1.807, 2.05) is 13.1 Å². The first-order chi connectivity index (χ1) is 9.60. The lowest BCUT2D eigenvalue weighted by Crippen LogP contribution is -2.35. The van der Waals surface area contributed by atoms with Crippen LogP contribution in [0.5, 0.6) is 0 Å². The maximum Gasteiger partial charge on any atom is 0.145 e. The highest BCUT2D eigenvalue weighted by atomic mass is 19.1. The number of nitrogens with zero attached hydrogens (tertiary/aromatic N) is 3. The summed E-state index contributed by atoms with van der Waals surface area (Å²) in [5, 5.41) is 8.85. The van der Waals surface area contributed by atoms with E-state index in [2.05, 4.69) is 16.8 Å². The van der Waals surface area contributed by atoms with Gasteiger partial charge in [-0.15, -0.1) is 0 Å². The van der Waals surface area contributed by atoms with Gasteiger partial charge in [-0.05, 0) is 52.0 Å². The molecule has 0 radical (unpaired) electrons. The van der Waals surface area contributed by atoms with Crippen molar-refractivity contribution < 1.29 is 4.39 Å². The van der Waals surface area contributed by atoms with Crippen LogP contribution in [0.3, 0.4) is 0 Å². The van der Waals surface area contributed by atoms with E-state index in [1.54, 1.807) is 12.1 Å². The molecule has 1 saturated heterocycles. The Morgan fingerprint density at radius 2 is 2.10 bits per heavy atom. The van der Waals surface area contributed by atoms with Gasteiger partial charge in [-0.2, -0.15) is 5.26 Å². The number of halogens is 1. The van der Waals surface area contributed by atoms with E-state index in [0.717, 1.165) is 19.6 Å². The topological polar surface area (TPSA) is 30.3 Å². The lowest BCUT2D eigenvalue weighted by molar-refractivity contribution is 0.172. The molecule has 1 aromatic rings. The molecule has 2 rings (SSSR count). The van der Waals surface area contributed by atoms with Crippen molar-refractivity contribution >= 4 is 0 Å². The Balaban J connectivity index is 1.92. The number of rotatable bonds is 4. The maximum atomic E-state index is 14.0. The maximum absolute atomic E-state index is 14.0. The van der Waals surface area contributed by atoms with E-state index in [9.17, 15) is 4.39 Å². The van der Waals surface area contributed by atoms with Gasteiger partial charge in [0.2, 0.25) is 0 Å². The van der Waals surface area contributed by atoms with E-state index in [1.165, 1.54) is 18.9 Å². The Hall–Kier alpha value is -1.44. The number of hydrogen-bond acceptors (Lipinski definition) is 3. The molecular weight excluding hydrogens is 253 g/mol. The summed E-state index contributed by atoms with van der Waals surface area (Å²) in [7, 11) is 4.18. The van der Waals surface area contributed by atoms with Crippen LogP contribution >= 0.6 is 0 Å². The fourth-order valence-electron chi connectivity index (χ4n) is 2.83. The van der Waals surface area contributed by atoms with Crippen molar-refractivity contribution in [3.05, 3.63) is 35.1 Å². The smallest absolute Gasteiger partial charge is 0.145 e. The molecule has 0 aliphatic carbocycles. The first-order valence-electron chi connectivity index (χ1n) is 7.14. The molecule has 0 saturated carbocycles. The molecular formula is C16H22FN3. The van der Waals surface area contributed by atoms with Crippen molar-refractivity contribution in [1.29, 1.82) is 5.26 Å². The van der Waals surface area contributed by atoms with E-state index >= 15 is 0 Å². The van der Waals surface area contributed by atoms with Gasteiger partial charge in [0.1, 0.15) is 11.9 Å². The Labute approximate surface area is 120 Å². The Kier molecular flexibility index (Phi) is 5.11. The lowest BCUT2D eigenvalue weighted by atomic mass is 9.96. The van der Waals surface area contributed by atoms with Crippen LogP contribution in [0.4, 0.5) is 4.39 Å². The summed E-state index contributed by atoms with van der Waals surface area (Å²) >= 11 is 0. The van der Waals surface area contributed by atoms with Gasteiger partial charge < -0.3 is 9.80 Å². The molecule has 20 heavy (non-hydrogen) atoms. The van der Waals surface area contributed by atoms with Gasteiger partial charge in [-0.3, -0.25) is 0 Å². The minimum atomic E-state index is -0.370. The van der Waals surface area contributed by atoms with E-state index < -0.39 is 0 Å². The van der Waals surface area contributed by atoms with E-state index in [4.69, 9.17) is 5.26 Å². The van der Waals surface area contributed by atoms with Crippen LogP contribution in [0.2, 0.25) is 0 Å². The molecule has 0 atom stereocenters. The van der Waals surface area contributed by atoms with Gasteiger partial charge in [0.25, 0.3) is 0 Å². The quantitative estimate of drug-likeness (QED) is 0.845. The van der Waals surface area contributed by atoms with Crippen molar-refractivity contribution in [3.8, 4) is 6.07 Å². The molecule has 0 unspecified atom stereocenters. The van der Waals surface area contributed by atoms with Crippen LogP contribution in [0.15, 0.2) is 18.2 Å². The largest absolute Gasteiger partial charge is 0.306 e. The summed E-state index contributed by atoms with van der Waals surface area (Å²) in [6.45, 7) is 3.85. The van der Waals surface area contributed by atoms with Crippen molar-refractivity contribution in [2.75, 3.05) is 33.7 Å². The summed E-state index contributed by atoms with van der Waals surface area (Å²) in [4.78, 5) is 4.52. The molecule has 1 aliphatic rings. The van der Waals surface area contributed by atoms with Crippen molar-refractivity contribution in [3.63, 3.8) is 0 Å². The van der Waals surface area contributed by atoms with Gasteiger partial charge in [-0.1, -0.05) is 12.1 Å². The number of likely N-dealkylation sites (tertiary alicyclic amines) is 1. The van der Waals surface area contributed by atoms with Gasteiger partial charge in [0, 0.05) is 18.7 Å². The van der Waals surface area contributed by atoms with Gasteiger partial charge in [0.05, 0.1) is 5.56 Å². The zero-order chi connectivity index (χ0) is 14.5. The lowest BCUT2D eigenvalue weighted by Gasteiger charge is -2.31. The average Bonchev–Trinajstić information content (AvgIpc) is 2.44. The molecule has 0 bridgehead atoms. The van der Waals surface area contributed by atoms with Crippen molar-refractivity contribution in [2.24, 2.45) is 5.92 Å². The molecule has 0 amide bonds. The zero-order valence-corrected chi connectivity index (χ0v) is 12.3. The number of nitriles is 1. The molecule has 1 aromatic carbocycles. The molecule has 1 aliphatic heterocycles. The van der Waals surface area contributed by atoms with E-state index in [0.29, 0.717) is 18.0 Å². The first-order valence-corrected chi connectivity index (χ1v) is 7.14. The van der Waals surface area contributed by atoms with Crippen molar-refractivity contribution in [1.82, 2.24) is 9.80 Å². The molecule has 1 heterocycles. The molecule has 4 heteroatoms.